The summed E-state index contributed by atoms with van der Waals surface area (Å²) in [4.78, 5) is 26.1. The number of rotatable bonds is 6. The zero-order valence-corrected chi connectivity index (χ0v) is 12.8. The molecule has 2 amide bonds. The van der Waals surface area contributed by atoms with E-state index < -0.39 is 11.5 Å². The molecule has 3 aliphatic rings. The number of carbonyl (C=O) groups is 2. The highest BCUT2D eigenvalue weighted by Crippen LogP contribution is 2.45. The second-order valence-corrected chi connectivity index (χ2v) is 6.99. The van der Waals surface area contributed by atoms with Gasteiger partial charge in [-0.1, -0.05) is 13.3 Å². The van der Waals surface area contributed by atoms with E-state index in [1.165, 1.54) is 25.7 Å². The van der Waals surface area contributed by atoms with E-state index in [-0.39, 0.29) is 12.1 Å². The molecule has 2 aliphatic carbocycles. The third-order valence-electron chi connectivity index (χ3n) is 5.35. The number of aliphatic carboxylic acids is 1. The molecule has 1 heterocycles. The van der Waals surface area contributed by atoms with Crippen molar-refractivity contribution in [3.05, 3.63) is 0 Å². The Morgan fingerprint density at radius 1 is 1.29 bits per heavy atom. The largest absolute Gasteiger partial charge is 0.479 e. The summed E-state index contributed by atoms with van der Waals surface area (Å²) in [5, 5.41) is 12.8. The number of nitrogens with one attached hydrogen (secondary N) is 1. The Labute approximate surface area is 126 Å². The van der Waals surface area contributed by atoms with E-state index in [0.717, 1.165) is 12.8 Å². The van der Waals surface area contributed by atoms with Crippen molar-refractivity contribution in [2.45, 2.75) is 69.9 Å². The maximum atomic E-state index is 12.7. The van der Waals surface area contributed by atoms with Crippen LogP contribution >= 0.6 is 0 Å². The van der Waals surface area contributed by atoms with E-state index in [9.17, 15) is 14.7 Å². The van der Waals surface area contributed by atoms with Gasteiger partial charge in [0.2, 0.25) is 0 Å². The number of amides is 2. The van der Waals surface area contributed by atoms with Crippen LogP contribution in [0.25, 0.3) is 0 Å². The summed E-state index contributed by atoms with van der Waals surface area (Å²) >= 11 is 0. The maximum absolute atomic E-state index is 12.7. The maximum Gasteiger partial charge on any atom is 0.329 e. The van der Waals surface area contributed by atoms with Gasteiger partial charge in [-0.05, 0) is 56.8 Å². The third-order valence-corrected chi connectivity index (χ3v) is 5.35. The van der Waals surface area contributed by atoms with Crippen molar-refractivity contribution in [1.29, 1.82) is 0 Å². The Bertz CT molecular complexity index is 419. The average molecular weight is 294 g/mol. The van der Waals surface area contributed by atoms with Gasteiger partial charge in [0, 0.05) is 12.6 Å². The van der Waals surface area contributed by atoms with Gasteiger partial charge in [0.1, 0.15) is 5.54 Å². The van der Waals surface area contributed by atoms with Gasteiger partial charge in [-0.3, -0.25) is 0 Å². The van der Waals surface area contributed by atoms with Crippen LogP contribution < -0.4 is 5.32 Å². The quantitative estimate of drug-likeness (QED) is 0.791. The Morgan fingerprint density at radius 3 is 2.38 bits per heavy atom. The second-order valence-electron chi connectivity index (χ2n) is 6.99. The minimum absolute atomic E-state index is 0.146. The summed E-state index contributed by atoms with van der Waals surface area (Å²) in [5.41, 5.74) is -0.976. The molecule has 2 saturated carbocycles. The standard InChI is InChI=1S/C16H26N2O3/c1-2-8-16(14(19)20)9-3-10-18(16)15(21)17-13(11-4-5-11)12-6-7-12/h11-13H,2-10H2,1H3,(H,17,21)(H,19,20). The van der Waals surface area contributed by atoms with E-state index >= 15 is 0 Å². The molecule has 5 heteroatoms. The zero-order valence-electron chi connectivity index (χ0n) is 12.8. The average Bonchev–Trinajstić information content (AvgIpc) is 3.34. The minimum atomic E-state index is -0.976. The molecule has 0 aromatic rings. The van der Waals surface area contributed by atoms with Gasteiger partial charge >= 0.3 is 12.0 Å². The molecule has 5 nitrogen and oxygen atoms in total. The summed E-state index contributed by atoms with van der Waals surface area (Å²) in [6.07, 6.45) is 7.54. The van der Waals surface area contributed by atoms with Gasteiger partial charge in [-0.15, -0.1) is 0 Å². The number of urea groups is 1. The van der Waals surface area contributed by atoms with Gasteiger partial charge in [-0.2, -0.15) is 0 Å². The van der Waals surface area contributed by atoms with Crippen molar-refractivity contribution in [3.63, 3.8) is 0 Å². The normalized spacial score (nSPS) is 29.0. The SMILES string of the molecule is CCCC1(C(=O)O)CCCN1C(=O)NC(C1CC1)C1CC1. The lowest BCUT2D eigenvalue weighted by Crippen LogP contribution is -2.57. The highest BCUT2D eigenvalue weighted by molar-refractivity contribution is 5.87. The molecule has 3 fully saturated rings. The van der Waals surface area contributed by atoms with Crippen molar-refractivity contribution < 1.29 is 14.7 Å². The Kier molecular flexibility index (Phi) is 3.84. The fourth-order valence-corrected chi connectivity index (χ4v) is 3.93. The van der Waals surface area contributed by atoms with Crippen molar-refractivity contribution in [2.75, 3.05) is 6.54 Å². The number of carbonyl (C=O) groups excluding carboxylic acids is 1. The van der Waals surface area contributed by atoms with Crippen LogP contribution in [-0.2, 0) is 4.79 Å². The molecule has 118 valence electrons. The van der Waals surface area contributed by atoms with Crippen LogP contribution in [0.5, 0.6) is 0 Å². The van der Waals surface area contributed by atoms with Crippen molar-refractivity contribution >= 4 is 12.0 Å². The molecular formula is C16H26N2O3. The summed E-state index contributed by atoms with van der Waals surface area (Å²) in [7, 11) is 0. The minimum Gasteiger partial charge on any atom is -0.479 e. The van der Waals surface area contributed by atoms with Gasteiger partial charge < -0.3 is 15.3 Å². The highest BCUT2D eigenvalue weighted by Gasteiger charge is 2.50. The molecule has 1 atom stereocenters. The smallest absolute Gasteiger partial charge is 0.329 e. The lowest BCUT2D eigenvalue weighted by Gasteiger charge is -2.35. The molecule has 1 saturated heterocycles. The Hall–Kier alpha value is -1.26. The van der Waals surface area contributed by atoms with E-state index in [4.69, 9.17) is 0 Å². The first-order valence-electron chi connectivity index (χ1n) is 8.40. The van der Waals surface area contributed by atoms with Crippen LogP contribution in [0.4, 0.5) is 4.79 Å². The molecular weight excluding hydrogens is 268 g/mol. The zero-order chi connectivity index (χ0) is 15.0. The number of likely N-dealkylation sites (tertiary alicyclic amines) is 1. The molecule has 3 rings (SSSR count). The summed E-state index contributed by atoms with van der Waals surface area (Å²) in [6.45, 7) is 2.55. The molecule has 2 N–H and O–H groups in total. The first-order chi connectivity index (χ1) is 10.1. The number of carboxylic acids is 1. The van der Waals surface area contributed by atoms with Crippen LogP contribution in [0.3, 0.4) is 0 Å². The number of carboxylic acid groups (broad SMARTS) is 1. The third kappa shape index (κ3) is 2.74. The van der Waals surface area contributed by atoms with Crippen LogP contribution in [-0.4, -0.2) is 40.1 Å². The van der Waals surface area contributed by atoms with Crippen LogP contribution in [0.15, 0.2) is 0 Å². The summed E-state index contributed by atoms with van der Waals surface area (Å²) in [5.74, 6) is 0.426. The summed E-state index contributed by atoms with van der Waals surface area (Å²) in [6, 6.07) is 0.137. The first kappa shape index (κ1) is 14.7. The topological polar surface area (TPSA) is 69.6 Å². The van der Waals surface area contributed by atoms with Gasteiger partial charge in [0.15, 0.2) is 0 Å². The molecule has 0 aromatic heterocycles. The van der Waals surface area contributed by atoms with E-state index in [0.29, 0.717) is 31.2 Å². The van der Waals surface area contributed by atoms with E-state index in [1.54, 1.807) is 4.90 Å². The van der Waals surface area contributed by atoms with Gasteiger partial charge in [0.05, 0.1) is 0 Å². The Morgan fingerprint density at radius 2 is 1.90 bits per heavy atom. The van der Waals surface area contributed by atoms with E-state index in [2.05, 4.69) is 5.32 Å². The van der Waals surface area contributed by atoms with Crippen LogP contribution in [0.1, 0.15) is 58.3 Å². The fourth-order valence-electron chi connectivity index (χ4n) is 3.93. The Balaban J connectivity index is 1.71. The molecule has 21 heavy (non-hydrogen) atoms. The van der Waals surface area contributed by atoms with Crippen molar-refractivity contribution in [3.8, 4) is 0 Å². The predicted molar refractivity (Wildman–Crippen MR) is 79.0 cm³/mol. The van der Waals surface area contributed by atoms with Gasteiger partial charge in [0.25, 0.3) is 0 Å². The fraction of sp³-hybridized carbons (Fsp3) is 0.875. The summed E-state index contributed by atoms with van der Waals surface area (Å²) < 4.78 is 0. The van der Waals surface area contributed by atoms with Gasteiger partial charge in [-0.25, -0.2) is 9.59 Å². The number of nitrogens with zero attached hydrogens (tertiary/aromatic N) is 1. The monoisotopic (exact) mass is 294 g/mol. The predicted octanol–water partition coefficient (Wildman–Crippen LogP) is 2.60. The van der Waals surface area contributed by atoms with E-state index in [1.807, 2.05) is 6.92 Å². The number of hydrogen-bond acceptors (Lipinski definition) is 2. The van der Waals surface area contributed by atoms with Crippen LogP contribution in [0.2, 0.25) is 0 Å². The molecule has 0 bridgehead atoms. The molecule has 1 unspecified atom stereocenters. The molecule has 0 radical (unpaired) electrons. The van der Waals surface area contributed by atoms with Crippen molar-refractivity contribution in [1.82, 2.24) is 10.2 Å². The highest BCUT2D eigenvalue weighted by atomic mass is 16.4. The first-order valence-corrected chi connectivity index (χ1v) is 8.40. The van der Waals surface area contributed by atoms with Crippen LogP contribution in [0, 0.1) is 11.8 Å². The van der Waals surface area contributed by atoms with Crippen molar-refractivity contribution in [2.24, 2.45) is 11.8 Å². The lowest BCUT2D eigenvalue weighted by atomic mass is 9.91. The molecule has 0 spiro atoms. The lowest BCUT2D eigenvalue weighted by molar-refractivity contribution is -0.148. The number of hydrogen-bond donors (Lipinski definition) is 2. The second kappa shape index (κ2) is 5.50. The molecule has 0 aromatic carbocycles. The molecule has 1 aliphatic heterocycles.